The lowest BCUT2D eigenvalue weighted by Crippen LogP contribution is -2.22. The Labute approximate surface area is 57.0 Å². The van der Waals surface area contributed by atoms with Gasteiger partial charge in [0.25, 0.3) is 0 Å². The zero-order valence-corrected chi connectivity index (χ0v) is 5.90. The van der Waals surface area contributed by atoms with Crippen LogP contribution in [0.25, 0.3) is 0 Å². The highest BCUT2D eigenvalue weighted by molar-refractivity contribution is 6.67. The molecule has 0 atom stereocenters. The Hall–Kier alpha value is 0.790. The molecule has 0 spiro atoms. The van der Waals surface area contributed by atoms with Crippen molar-refractivity contribution in [3.63, 3.8) is 0 Å². The monoisotopic (exact) mass is 165 g/mol. The van der Waals surface area contributed by atoms with Crippen molar-refractivity contribution in [1.82, 2.24) is 5.32 Å². The molecule has 46 valence electrons. The van der Waals surface area contributed by atoms with Crippen LogP contribution < -0.4 is 5.32 Å². The molecule has 5 heteroatoms. The summed E-state index contributed by atoms with van der Waals surface area (Å²) in [6.45, 7) is 0. The quantitative estimate of drug-likeness (QED) is 0.418. The van der Waals surface area contributed by atoms with E-state index in [-0.39, 0.29) is 5.48 Å². The molecule has 0 fully saturated rings. The fraction of sp³-hybridized carbons (Fsp3) is 1.00. The van der Waals surface area contributed by atoms with Crippen LogP contribution in [0.4, 0.5) is 0 Å². The molecule has 3 N–H and O–H groups in total. The molecule has 0 aliphatic rings. The van der Waals surface area contributed by atoms with Crippen molar-refractivity contribution in [2.24, 2.45) is 0 Å². The van der Waals surface area contributed by atoms with Crippen LogP contribution in [-0.4, -0.2) is 16.4 Å². The number of hydrogen-bond acceptors (Lipinski definition) is 1. The molecule has 0 rings (SSSR count). The lowest BCUT2D eigenvalue weighted by atomic mass is 11.2. The molecular formula is C2H6Cl3NO. The first-order chi connectivity index (χ1) is 2.56. The lowest BCUT2D eigenvalue weighted by Gasteiger charge is -2.05. The van der Waals surface area contributed by atoms with Gasteiger partial charge < -0.3 is 5.48 Å². The predicted octanol–water partition coefficient (Wildman–Crippen LogP) is 0.709. The number of rotatable bonds is 0. The van der Waals surface area contributed by atoms with E-state index in [1.54, 1.807) is 7.05 Å². The molecule has 0 radical (unpaired) electrons. The average Bonchev–Trinajstić information content (AvgIpc) is 1.35. The Morgan fingerprint density at radius 3 is 1.43 bits per heavy atom. The van der Waals surface area contributed by atoms with Gasteiger partial charge in [0.1, 0.15) is 0 Å². The van der Waals surface area contributed by atoms with Gasteiger partial charge >= 0.3 is 0 Å². The van der Waals surface area contributed by atoms with Gasteiger partial charge in [0, 0.05) is 0 Å². The summed E-state index contributed by atoms with van der Waals surface area (Å²) in [6, 6.07) is 0. The predicted molar refractivity (Wildman–Crippen MR) is 33.0 cm³/mol. The minimum absolute atomic E-state index is 0. The zero-order valence-electron chi connectivity index (χ0n) is 3.63. The van der Waals surface area contributed by atoms with Crippen LogP contribution in [0.15, 0.2) is 0 Å². The first-order valence-electron chi connectivity index (χ1n) is 1.32. The summed E-state index contributed by atoms with van der Waals surface area (Å²) < 4.78 is -1.29. The second kappa shape index (κ2) is 3.75. The van der Waals surface area contributed by atoms with Gasteiger partial charge in [0.15, 0.2) is 0 Å². The standard InChI is InChI=1S/C2H4Cl3N.H2O/c1-6-2(3,4)5;/h6H,1H3;1H2. The summed E-state index contributed by atoms with van der Waals surface area (Å²) >= 11 is 15.4. The van der Waals surface area contributed by atoms with E-state index in [1.807, 2.05) is 0 Å². The van der Waals surface area contributed by atoms with Crippen molar-refractivity contribution in [1.29, 1.82) is 0 Å². The van der Waals surface area contributed by atoms with Crippen molar-refractivity contribution in [2.75, 3.05) is 7.05 Å². The van der Waals surface area contributed by atoms with Gasteiger partial charge in [0.05, 0.1) is 0 Å². The second-order valence-corrected chi connectivity index (χ2v) is 3.03. The Morgan fingerprint density at radius 2 is 1.43 bits per heavy atom. The fourth-order valence-electron chi connectivity index (χ4n) is 0. The van der Waals surface area contributed by atoms with E-state index in [9.17, 15) is 0 Å². The molecule has 0 aliphatic carbocycles. The summed E-state index contributed by atoms with van der Waals surface area (Å²) in [5.74, 6) is 0. The molecule has 0 saturated heterocycles. The van der Waals surface area contributed by atoms with Crippen molar-refractivity contribution < 1.29 is 5.48 Å². The molecular weight excluding hydrogens is 160 g/mol. The molecule has 0 amide bonds. The van der Waals surface area contributed by atoms with E-state index in [2.05, 4.69) is 5.32 Å². The van der Waals surface area contributed by atoms with Crippen LogP contribution in [0.3, 0.4) is 0 Å². The third-order valence-corrected chi connectivity index (χ3v) is 0.850. The van der Waals surface area contributed by atoms with E-state index in [1.165, 1.54) is 0 Å². The molecule has 2 nitrogen and oxygen atoms in total. The molecule has 0 aromatic rings. The van der Waals surface area contributed by atoms with E-state index < -0.39 is 3.92 Å². The van der Waals surface area contributed by atoms with Crippen LogP contribution in [-0.2, 0) is 0 Å². The Bertz CT molecular complexity index is 42.7. The normalized spacial score (nSPS) is 10.3. The Morgan fingerprint density at radius 1 is 1.29 bits per heavy atom. The van der Waals surface area contributed by atoms with Crippen molar-refractivity contribution in [3.8, 4) is 0 Å². The summed E-state index contributed by atoms with van der Waals surface area (Å²) in [5, 5.41) is 2.40. The minimum Gasteiger partial charge on any atom is -0.412 e. The van der Waals surface area contributed by atoms with E-state index >= 15 is 0 Å². The number of alkyl halides is 3. The first kappa shape index (κ1) is 10.7. The third-order valence-electron chi connectivity index (χ3n) is 0.283. The average molecular weight is 166 g/mol. The van der Waals surface area contributed by atoms with Crippen LogP contribution >= 0.6 is 34.8 Å². The highest BCUT2D eigenvalue weighted by atomic mass is 35.6. The van der Waals surface area contributed by atoms with E-state index in [4.69, 9.17) is 34.8 Å². The van der Waals surface area contributed by atoms with Gasteiger partial charge in [-0.05, 0) is 7.05 Å². The smallest absolute Gasteiger partial charge is 0.244 e. The molecule has 0 saturated carbocycles. The molecule has 0 aliphatic heterocycles. The molecule has 0 unspecified atom stereocenters. The maximum absolute atomic E-state index is 5.14. The molecule has 7 heavy (non-hydrogen) atoms. The largest absolute Gasteiger partial charge is 0.412 e. The third kappa shape index (κ3) is 10.8. The molecule has 0 aromatic heterocycles. The molecule has 0 heterocycles. The van der Waals surface area contributed by atoms with Crippen molar-refractivity contribution >= 4 is 34.8 Å². The number of nitrogens with one attached hydrogen (secondary N) is 1. The molecule has 0 aromatic carbocycles. The fourth-order valence-corrected chi connectivity index (χ4v) is 0. The van der Waals surface area contributed by atoms with Gasteiger partial charge in [-0.15, -0.1) is 0 Å². The highest BCUT2D eigenvalue weighted by Crippen LogP contribution is 2.19. The van der Waals surface area contributed by atoms with Gasteiger partial charge in [0.2, 0.25) is 3.92 Å². The van der Waals surface area contributed by atoms with Gasteiger partial charge in [-0.2, -0.15) is 0 Å². The van der Waals surface area contributed by atoms with Crippen molar-refractivity contribution in [3.05, 3.63) is 0 Å². The Balaban J connectivity index is 0. The lowest BCUT2D eigenvalue weighted by molar-refractivity contribution is 0.824. The summed E-state index contributed by atoms with van der Waals surface area (Å²) in [5.41, 5.74) is 0. The van der Waals surface area contributed by atoms with Crippen LogP contribution in [0.5, 0.6) is 0 Å². The SMILES string of the molecule is CNC(Cl)(Cl)Cl.O. The van der Waals surface area contributed by atoms with Crippen molar-refractivity contribution in [2.45, 2.75) is 3.92 Å². The number of halogens is 3. The van der Waals surface area contributed by atoms with Crippen LogP contribution in [0.1, 0.15) is 0 Å². The maximum Gasteiger partial charge on any atom is 0.244 e. The zero-order chi connectivity index (χ0) is 5.21. The second-order valence-electron chi connectivity index (χ2n) is 0.748. The first-order valence-corrected chi connectivity index (χ1v) is 2.45. The van der Waals surface area contributed by atoms with Gasteiger partial charge in [-0.3, -0.25) is 5.32 Å². The molecule has 0 bridgehead atoms. The summed E-state index contributed by atoms with van der Waals surface area (Å²) in [6.07, 6.45) is 0. The van der Waals surface area contributed by atoms with Gasteiger partial charge in [-0.1, -0.05) is 34.8 Å². The van der Waals surface area contributed by atoms with E-state index in [0.717, 1.165) is 0 Å². The number of hydrogen-bond donors (Lipinski definition) is 1. The van der Waals surface area contributed by atoms with Crippen LogP contribution in [0, 0.1) is 0 Å². The summed E-state index contributed by atoms with van der Waals surface area (Å²) in [7, 11) is 1.56. The highest BCUT2D eigenvalue weighted by Gasteiger charge is 2.13. The van der Waals surface area contributed by atoms with Crippen LogP contribution in [0.2, 0.25) is 0 Å². The Kier molecular flexibility index (Phi) is 5.74. The van der Waals surface area contributed by atoms with E-state index in [0.29, 0.717) is 0 Å². The summed E-state index contributed by atoms with van der Waals surface area (Å²) in [4.78, 5) is 0. The minimum atomic E-state index is -1.29. The topological polar surface area (TPSA) is 43.5 Å². The maximum atomic E-state index is 5.14. The van der Waals surface area contributed by atoms with Gasteiger partial charge in [-0.25, -0.2) is 0 Å².